The van der Waals surface area contributed by atoms with Gasteiger partial charge in [0.25, 0.3) is 0 Å². The van der Waals surface area contributed by atoms with E-state index in [0.717, 1.165) is 15.8 Å². The van der Waals surface area contributed by atoms with Gasteiger partial charge >= 0.3 is 0 Å². The molecule has 3 aromatic rings. The maximum absolute atomic E-state index is 14.0. The number of aryl methyl sites for hydroxylation is 1. The molecule has 1 aliphatic carbocycles. The van der Waals surface area contributed by atoms with Gasteiger partial charge in [0.15, 0.2) is 4.47 Å². The zero-order chi connectivity index (χ0) is 26.4. The Bertz CT molecular complexity index is 1400. The van der Waals surface area contributed by atoms with Crippen LogP contribution in [0.25, 0.3) is 10.2 Å². The van der Waals surface area contributed by atoms with Crippen molar-refractivity contribution in [2.75, 3.05) is 6.54 Å². The Labute approximate surface area is 224 Å². The Morgan fingerprint density at radius 1 is 1.16 bits per heavy atom. The number of thiazole rings is 1. The van der Waals surface area contributed by atoms with Crippen LogP contribution in [0.15, 0.2) is 47.4 Å². The third kappa shape index (κ3) is 5.53. The average Bonchev–Trinajstić information content (AvgIpc) is 3.49. The molecule has 0 radical (unpaired) electrons. The highest BCUT2D eigenvalue weighted by molar-refractivity contribution is 7.89. The van der Waals surface area contributed by atoms with Crippen LogP contribution in [0.1, 0.15) is 49.7 Å². The molecular formula is C26H28ClF2N3O3S2. The van der Waals surface area contributed by atoms with E-state index in [2.05, 4.69) is 4.98 Å². The summed E-state index contributed by atoms with van der Waals surface area (Å²) in [6.45, 7) is 2.31. The fourth-order valence-corrected chi connectivity index (χ4v) is 7.94. The van der Waals surface area contributed by atoms with Gasteiger partial charge in [-0.2, -0.15) is 4.31 Å². The van der Waals surface area contributed by atoms with E-state index in [-0.39, 0.29) is 49.6 Å². The van der Waals surface area contributed by atoms with Crippen molar-refractivity contribution in [1.29, 1.82) is 0 Å². The largest absolute Gasteiger partial charge is 0.334 e. The number of hydrogen-bond acceptors (Lipinski definition) is 5. The van der Waals surface area contributed by atoms with Gasteiger partial charge < -0.3 is 4.90 Å². The first-order chi connectivity index (χ1) is 17.5. The minimum atomic E-state index is -3.89. The molecule has 2 aromatic carbocycles. The molecule has 0 bridgehead atoms. The van der Waals surface area contributed by atoms with Crippen LogP contribution in [0.3, 0.4) is 0 Å². The molecule has 1 amide bonds. The number of hydrogen-bond donors (Lipinski definition) is 0. The molecule has 0 N–H and O–H groups in total. The van der Waals surface area contributed by atoms with Crippen molar-refractivity contribution in [2.24, 2.45) is 0 Å². The van der Waals surface area contributed by atoms with Gasteiger partial charge in [-0.1, -0.05) is 35.4 Å². The lowest BCUT2D eigenvalue weighted by Gasteiger charge is -2.39. The molecule has 5 rings (SSSR count). The summed E-state index contributed by atoms with van der Waals surface area (Å²) in [7, 11) is -3.89. The number of carbonyl (C=O) groups is 1. The Balaban J connectivity index is 1.45. The molecule has 6 nitrogen and oxygen atoms in total. The van der Waals surface area contributed by atoms with Gasteiger partial charge in [0.05, 0.1) is 15.1 Å². The molecule has 1 aromatic heterocycles. The zero-order valence-electron chi connectivity index (χ0n) is 20.4. The zero-order valence-corrected chi connectivity index (χ0v) is 22.8. The lowest BCUT2D eigenvalue weighted by atomic mass is 9.90. The second-order valence-electron chi connectivity index (χ2n) is 9.91. The molecule has 2 aliphatic rings. The van der Waals surface area contributed by atoms with Gasteiger partial charge in [-0.3, -0.25) is 4.79 Å². The van der Waals surface area contributed by atoms with E-state index >= 15 is 0 Å². The van der Waals surface area contributed by atoms with Gasteiger partial charge in [0.1, 0.15) is 6.04 Å². The molecule has 1 atom stereocenters. The van der Waals surface area contributed by atoms with E-state index in [9.17, 15) is 22.0 Å². The Morgan fingerprint density at radius 3 is 2.57 bits per heavy atom. The predicted molar refractivity (Wildman–Crippen MR) is 140 cm³/mol. The summed E-state index contributed by atoms with van der Waals surface area (Å²) in [6.07, 6.45) is 0.698. The van der Waals surface area contributed by atoms with Crippen molar-refractivity contribution in [3.63, 3.8) is 0 Å². The topological polar surface area (TPSA) is 70.6 Å². The van der Waals surface area contributed by atoms with E-state index in [0.29, 0.717) is 22.8 Å². The number of alkyl halides is 2. The predicted octanol–water partition coefficient (Wildman–Crippen LogP) is 6.02. The van der Waals surface area contributed by atoms with Gasteiger partial charge in [0, 0.05) is 32.0 Å². The molecule has 198 valence electrons. The van der Waals surface area contributed by atoms with Crippen molar-refractivity contribution in [3.05, 3.63) is 58.1 Å². The summed E-state index contributed by atoms with van der Waals surface area (Å²) in [5.41, 5.74) is 2.44. The lowest BCUT2D eigenvalue weighted by molar-refractivity contribution is -0.141. The van der Waals surface area contributed by atoms with E-state index in [4.69, 9.17) is 11.6 Å². The highest BCUT2D eigenvalue weighted by Crippen LogP contribution is 2.37. The van der Waals surface area contributed by atoms with Crippen molar-refractivity contribution in [1.82, 2.24) is 14.2 Å². The maximum Gasteiger partial charge on any atom is 0.248 e. The van der Waals surface area contributed by atoms with Crippen molar-refractivity contribution >= 4 is 49.1 Å². The van der Waals surface area contributed by atoms with Crippen LogP contribution in [-0.4, -0.2) is 53.1 Å². The molecular weight excluding hydrogens is 540 g/mol. The van der Waals surface area contributed by atoms with Crippen LogP contribution in [-0.2, 0) is 21.4 Å². The fourth-order valence-electron chi connectivity index (χ4n) is 5.28. The summed E-state index contributed by atoms with van der Waals surface area (Å²) >= 11 is 7.41. The normalized spacial score (nSPS) is 20.9. The van der Waals surface area contributed by atoms with Crippen LogP contribution in [0, 0.1) is 6.92 Å². The number of benzene rings is 2. The highest BCUT2D eigenvalue weighted by Gasteiger charge is 2.44. The number of halogens is 3. The minimum Gasteiger partial charge on any atom is -0.334 e. The summed E-state index contributed by atoms with van der Waals surface area (Å²) in [5.74, 6) is -3.07. The van der Waals surface area contributed by atoms with Crippen LogP contribution in [0.5, 0.6) is 0 Å². The number of nitrogens with zero attached hydrogens (tertiary/aromatic N) is 3. The molecule has 37 heavy (non-hydrogen) atoms. The number of aromatic nitrogens is 1. The monoisotopic (exact) mass is 567 g/mol. The summed E-state index contributed by atoms with van der Waals surface area (Å²) in [4.78, 5) is 20.1. The molecule has 1 saturated heterocycles. The molecule has 1 aliphatic heterocycles. The fraction of sp³-hybridized carbons (Fsp3) is 0.462. The van der Waals surface area contributed by atoms with Crippen LogP contribution in [0.2, 0.25) is 4.47 Å². The van der Waals surface area contributed by atoms with Crippen LogP contribution >= 0.6 is 22.9 Å². The second-order valence-corrected chi connectivity index (χ2v) is 13.4. The first-order valence-corrected chi connectivity index (χ1v) is 15.0. The van der Waals surface area contributed by atoms with Crippen molar-refractivity contribution in [2.45, 2.75) is 74.9 Å². The van der Waals surface area contributed by atoms with Gasteiger partial charge in [-0.15, -0.1) is 11.3 Å². The molecule has 1 saturated carbocycles. The van der Waals surface area contributed by atoms with Crippen LogP contribution < -0.4 is 0 Å². The summed E-state index contributed by atoms with van der Waals surface area (Å²) in [6, 6.07) is 10.9. The van der Waals surface area contributed by atoms with Crippen molar-refractivity contribution in [3.8, 4) is 0 Å². The van der Waals surface area contributed by atoms with E-state index in [1.807, 2.05) is 25.1 Å². The lowest BCUT2D eigenvalue weighted by Crippen LogP contribution is -2.52. The number of amides is 1. The SMILES string of the molecule is Cc1ccc(S(=O)(=O)N2CCC[C@H]2C(=O)N(Cc2ccc3sc(Cl)nc3c2)C2CCC(F)(F)CC2)cc1. The first kappa shape index (κ1) is 26.5. The summed E-state index contributed by atoms with van der Waals surface area (Å²) < 4.78 is 57.5. The van der Waals surface area contributed by atoms with Gasteiger partial charge in [-0.05, 0) is 62.4 Å². The molecule has 2 fully saturated rings. The minimum absolute atomic E-state index is 0.146. The third-order valence-electron chi connectivity index (χ3n) is 7.31. The molecule has 2 heterocycles. The molecule has 11 heteroatoms. The first-order valence-electron chi connectivity index (χ1n) is 12.4. The number of fused-ring (bicyclic) bond motifs is 1. The Hall–Kier alpha value is -2.14. The average molecular weight is 568 g/mol. The number of carbonyl (C=O) groups excluding carboxylic acids is 1. The van der Waals surface area contributed by atoms with E-state index in [1.165, 1.54) is 15.6 Å². The number of sulfonamides is 1. The van der Waals surface area contributed by atoms with E-state index in [1.54, 1.807) is 29.2 Å². The Morgan fingerprint density at radius 2 is 1.86 bits per heavy atom. The number of rotatable bonds is 6. The van der Waals surface area contributed by atoms with Crippen molar-refractivity contribution < 1.29 is 22.0 Å². The standard InChI is InChI=1S/C26H28ClF2N3O3S2/c1-17-4-7-20(8-5-17)37(34,35)32-14-2-3-22(32)24(33)31(19-10-12-26(28,29)13-11-19)16-18-6-9-23-21(15-18)30-25(27)36-23/h4-9,15,19,22H,2-3,10-14,16H2,1H3/t22-/m0/s1. The second kappa shape index (κ2) is 10.2. The van der Waals surface area contributed by atoms with Gasteiger partial charge in [0.2, 0.25) is 21.9 Å². The molecule has 0 unspecified atom stereocenters. The quantitative estimate of drug-likeness (QED) is 0.365. The molecule has 0 spiro atoms. The van der Waals surface area contributed by atoms with E-state index < -0.39 is 28.0 Å². The highest BCUT2D eigenvalue weighted by atomic mass is 35.5. The van der Waals surface area contributed by atoms with Crippen LogP contribution in [0.4, 0.5) is 8.78 Å². The van der Waals surface area contributed by atoms with Gasteiger partial charge in [-0.25, -0.2) is 22.2 Å². The smallest absolute Gasteiger partial charge is 0.248 e. The Kier molecular flexibility index (Phi) is 7.30. The summed E-state index contributed by atoms with van der Waals surface area (Å²) in [5, 5.41) is 0. The third-order valence-corrected chi connectivity index (χ3v) is 10.4. The maximum atomic E-state index is 14.0.